The first kappa shape index (κ1) is 14.1. The number of hydrogen-bond acceptors (Lipinski definition) is 4. The van der Waals surface area contributed by atoms with Crippen molar-refractivity contribution >= 4 is 20.0 Å². The zero-order valence-corrected chi connectivity index (χ0v) is 12.5. The highest BCUT2D eigenvalue weighted by Gasteiger charge is 2.11. The molecule has 0 N–H and O–H groups in total. The maximum atomic E-state index is 12.4. The van der Waals surface area contributed by atoms with E-state index in [4.69, 9.17) is 15.4 Å². The van der Waals surface area contributed by atoms with Crippen LogP contribution in [-0.2, 0) is 30.8 Å². The van der Waals surface area contributed by atoms with Crippen molar-refractivity contribution in [3.63, 3.8) is 0 Å². The second-order valence-electron chi connectivity index (χ2n) is 4.28. The molecule has 100 valence electrons. The number of hydrogen-bond donors (Lipinski definition) is 0. The molecule has 19 heavy (non-hydrogen) atoms. The van der Waals surface area contributed by atoms with Crippen molar-refractivity contribution in [2.45, 2.75) is 25.3 Å². The highest BCUT2D eigenvalue weighted by molar-refractivity contribution is 8.30. The van der Waals surface area contributed by atoms with Gasteiger partial charge < -0.3 is 0 Å². The van der Waals surface area contributed by atoms with Gasteiger partial charge >= 0.3 is 0 Å². The van der Waals surface area contributed by atoms with Gasteiger partial charge in [0.15, 0.2) is 8.77 Å². The Kier molecular flexibility index (Phi) is 4.29. The fourth-order valence-corrected chi connectivity index (χ4v) is 2.95. The number of aromatic nitrogens is 1. The fourth-order valence-electron chi connectivity index (χ4n) is 1.58. The lowest BCUT2D eigenvalue weighted by atomic mass is 10.2. The van der Waals surface area contributed by atoms with Crippen molar-refractivity contribution in [1.82, 2.24) is 4.98 Å². The van der Waals surface area contributed by atoms with E-state index in [0.717, 1.165) is 16.8 Å². The lowest BCUT2D eigenvalue weighted by molar-refractivity contribution is 0.334. The molecular formula is C14H15NO2S2. The molecule has 1 aromatic carbocycles. The van der Waals surface area contributed by atoms with Gasteiger partial charge in [0.05, 0.1) is 11.5 Å². The second-order valence-corrected chi connectivity index (χ2v) is 7.21. The molecule has 1 heterocycles. The first-order valence-corrected chi connectivity index (χ1v) is 8.26. The number of nitrogens with zero attached hydrogens (tertiary/aromatic N) is 1. The summed E-state index contributed by atoms with van der Waals surface area (Å²) in [7, 11) is -2.89. The Morgan fingerprint density at radius 2 is 1.89 bits per heavy atom. The summed E-state index contributed by atoms with van der Waals surface area (Å²) in [5.74, 6) is 0. The molecule has 1 atom stereocenters. The van der Waals surface area contributed by atoms with Crippen molar-refractivity contribution in [2.24, 2.45) is 0 Å². The minimum atomic E-state index is -2.89. The quantitative estimate of drug-likeness (QED) is 0.869. The lowest BCUT2D eigenvalue weighted by Gasteiger charge is -2.10. The Bertz CT molecular complexity index is 664. The number of benzene rings is 1. The van der Waals surface area contributed by atoms with Crippen LogP contribution in [0.5, 0.6) is 0 Å². The van der Waals surface area contributed by atoms with E-state index in [0.29, 0.717) is 4.90 Å². The standard InChI is InChI=1S/C14H15NO2S2/c1-11-5-7-14(8-6-11)19(16,18)17-10-13-4-3-9-15-12(13)2/h3-9H,10H2,1-2H3. The largest absolute Gasteiger partial charge is 0.282 e. The first-order valence-electron chi connectivity index (χ1n) is 5.85. The molecule has 3 nitrogen and oxygen atoms in total. The molecule has 1 aromatic heterocycles. The molecule has 0 amide bonds. The van der Waals surface area contributed by atoms with Crippen LogP contribution in [0, 0.1) is 13.8 Å². The summed E-state index contributed by atoms with van der Waals surface area (Å²) in [4.78, 5) is 4.69. The molecule has 0 aliphatic rings. The third-order valence-corrected chi connectivity index (χ3v) is 4.94. The molecule has 0 spiro atoms. The van der Waals surface area contributed by atoms with Gasteiger partial charge in [-0.25, -0.2) is 4.21 Å². The predicted octanol–water partition coefficient (Wildman–Crippen LogP) is 2.94. The van der Waals surface area contributed by atoms with Crippen LogP contribution in [0.4, 0.5) is 0 Å². The van der Waals surface area contributed by atoms with E-state index < -0.39 is 8.77 Å². The molecule has 0 aliphatic carbocycles. The van der Waals surface area contributed by atoms with Gasteiger partial charge in [0.1, 0.15) is 0 Å². The zero-order valence-electron chi connectivity index (χ0n) is 10.8. The topological polar surface area (TPSA) is 39.2 Å². The van der Waals surface area contributed by atoms with Gasteiger partial charge in [-0.05, 0) is 32.0 Å². The van der Waals surface area contributed by atoms with Crippen LogP contribution < -0.4 is 0 Å². The summed E-state index contributed by atoms with van der Waals surface area (Å²) in [5.41, 5.74) is 2.85. The third-order valence-electron chi connectivity index (χ3n) is 2.80. The molecule has 0 fully saturated rings. The number of aryl methyl sites for hydroxylation is 2. The molecule has 0 aliphatic heterocycles. The Morgan fingerprint density at radius 1 is 1.21 bits per heavy atom. The van der Waals surface area contributed by atoms with Crippen LogP contribution in [0.25, 0.3) is 0 Å². The normalized spacial score (nSPS) is 14.0. The van der Waals surface area contributed by atoms with Crippen molar-refractivity contribution < 1.29 is 8.39 Å². The van der Waals surface area contributed by atoms with Gasteiger partial charge in [-0.3, -0.25) is 9.17 Å². The van der Waals surface area contributed by atoms with Gasteiger partial charge in [0.2, 0.25) is 0 Å². The highest BCUT2D eigenvalue weighted by Crippen LogP contribution is 2.16. The van der Waals surface area contributed by atoms with Crippen molar-refractivity contribution in [2.75, 3.05) is 0 Å². The molecule has 0 radical (unpaired) electrons. The van der Waals surface area contributed by atoms with E-state index in [9.17, 15) is 4.21 Å². The van der Waals surface area contributed by atoms with Gasteiger partial charge in [-0.2, -0.15) is 0 Å². The molecule has 2 rings (SSSR count). The predicted molar refractivity (Wildman–Crippen MR) is 78.7 cm³/mol. The molecule has 5 heteroatoms. The Balaban J connectivity index is 2.14. The smallest absolute Gasteiger partial charge is 0.173 e. The van der Waals surface area contributed by atoms with Gasteiger partial charge in [0.25, 0.3) is 0 Å². The zero-order chi connectivity index (χ0) is 13.9. The van der Waals surface area contributed by atoms with Crippen LogP contribution in [0.2, 0.25) is 0 Å². The maximum absolute atomic E-state index is 12.4. The Labute approximate surface area is 118 Å². The van der Waals surface area contributed by atoms with E-state index in [-0.39, 0.29) is 6.61 Å². The summed E-state index contributed by atoms with van der Waals surface area (Å²) in [5, 5.41) is 0. The molecular weight excluding hydrogens is 278 g/mol. The molecule has 0 saturated carbocycles. The van der Waals surface area contributed by atoms with E-state index in [1.165, 1.54) is 0 Å². The van der Waals surface area contributed by atoms with Gasteiger partial charge in [-0.15, -0.1) is 0 Å². The van der Waals surface area contributed by atoms with E-state index in [1.807, 2.05) is 38.1 Å². The molecule has 2 aromatic rings. The van der Waals surface area contributed by atoms with Crippen LogP contribution in [0.15, 0.2) is 47.5 Å². The average Bonchev–Trinajstić information content (AvgIpc) is 2.38. The maximum Gasteiger partial charge on any atom is 0.173 e. The van der Waals surface area contributed by atoms with Crippen molar-refractivity contribution in [3.05, 3.63) is 59.4 Å². The van der Waals surface area contributed by atoms with Gasteiger partial charge in [0, 0.05) is 28.6 Å². The van der Waals surface area contributed by atoms with E-state index in [1.54, 1.807) is 18.3 Å². The Hall–Kier alpha value is -1.30. The summed E-state index contributed by atoms with van der Waals surface area (Å²) >= 11 is 5.08. The van der Waals surface area contributed by atoms with Crippen LogP contribution >= 0.6 is 0 Å². The molecule has 0 bridgehead atoms. The Morgan fingerprint density at radius 3 is 2.53 bits per heavy atom. The van der Waals surface area contributed by atoms with Crippen molar-refractivity contribution in [3.8, 4) is 0 Å². The van der Waals surface area contributed by atoms with E-state index in [2.05, 4.69) is 4.98 Å². The number of rotatable bonds is 4. The third kappa shape index (κ3) is 3.59. The van der Waals surface area contributed by atoms with Crippen LogP contribution in [0.1, 0.15) is 16.8 Å². The van der Waals surface area contributed by atoms with Crippen LogP contribution in [0.3, 0.4) is 0 Å². The van der Waals surface area contributed by atoms with E-state index >= 15 is 0 Å². The fraction of sp³-hybridized carbons (Fsp3) is 0.214. The second kappa shape index (κ2) is 5.77. The molecule has 0 saturated heterocycles. The minimum absolute atomic E-state index is 0.204. The first-order chi connectivity index (χ1) is 8.99. The van der Waals surface area contributed by atoms with Gasteiger partial charge in [-0.1, -0.05) is 23.8 Å². The lowest BCUT2D eigenvalue weighted by Crippen LogP contribution is -2.06. The minimum Gasteiger partial charge on any atom is -0.282 e. The number of pyridine rings is 1. The summed E-state index contributed by atoms with van der Waals surface area (Å²) in [6.07, 6.45) is 1.71. The SMILES string of the molecule is Cc1ccc(S(=O)(=S)OCc2cccnc2C)cc1. The highest BCUT2D eigenvalue weighted by atomic mass is 32.8. The summed E-state index contributed by atoms with van der Waals surface area (Å²) < 4.78 is 17.8. The van der Waals surface area contributed by atoms with Crippen LogP contribution in [-0.4, -0.2) is 9.19 Å². The molecule has 1 unspecified atom stereocenters. The monoisotopic (exact) mass is 293 g/mol. The summed E-state index contributed by atoms with van der Waals surface area (Å²) in [6, 6.07) is 11.0. The summed E-state index contributed by atoms with van der Waals surface area (Å²) in [6.45, 7) is 4.06. The van der Waals surface area contributed by atoms with Crippen molar-refractivity contribution in [1.29, 1.82) is 0 Å². The average molecular weight is 293 g/mol.